The minimum atomic E-state index is 0.531. The molecule has 0 unspecified atom stereocenters. The molecule has 0 aliphatic heterocycles. The maximum absolute atomic E-state index is 5.77. The lowest BCUT2D eigenvalue weighted by Crippen LogP contribution is -2.22. The second kappa shape index (κ2) is 6.33. The van der Waals surface area contributed by atoms with Crippen LogP contribution in [0.2, 0.25) is 0 Å². The van der Waals surface area contributed by atoms with Crippen LogP contribution in [0.15, 0.2) is 5.38 Å². The van der Waals surface area contributed by atoms with Crippen LogP contribution in [-0.4, -0.2) is 24.2 Å². The van der Waals surface area contributed by atoms with E-state index in [-0.39, 0.29) is 0 Å². The van der Waals surface area contributed by atoms with Gasteiger partial charge in [-0.1, -0.05) is 12.8 Å². The highest BCUT2D eigenvalue weighted by molar-refractivity contribution is 7.09. The first-order chi connectivity index (χ1) is 7.84. The fraction of sp³-hybridized carbons (Fsp3) is 0.750. The molecule has 1 fully saturated rings. The molecule has 1 aromatic heterocycles. The summed E-state index contributed by atoms with van der Waals surface area (Å²) >= 11 is 1.71. The molecule has 1 aliphatic carbocycles. The SMILES string of the molecule is Cc1nc(CNCCOC2CCCC2)cs1. The Kier molecular flexibility index (Phi) is 4.75. The summed E-state index contributed by atoms with van der Waals surface area (Å²) in [6.07, 6.45) is 5.73. The van der Waals surface area contributed by atoms with E-state index >= 15 is 0 Å². The van der Waals surface area contributed by atoms with Crippen LogP contribution in [0.5, 0.6) is 0 Å². The molecule has 0 bridgehead atoms. The van der Waals surface area contributed by atoms with Gasteiger partial charge in [0.1, 0.15) is 0 Å². The first kappa shape index (κ1) is 12.0. The fourth-order valence-corrected chi connectivity index (χ4v) is 2.67. The summed E-state index contributed by atoms with van der Waals surface area (Å²) in [5, 5.41) is 6.61. The van der Waals surface area contributed by atoms with Crippen LogP contribution in [0.4, 0.5) is 0 Å². The number of aryl methyl sites for hydroxylation is 1. The van der Waals surface area contributed by atoms with E-state index in [1.807, 2.05) is 6.92 Å². The number of rotatable bonds is 6. The average molecular weight is 240 g/mol. The van der Waals surface area contributed by atoms with Gasteiger partial charge in [-0.2, -0.15) is 0 Å². The molecule has 0 amide bonds. The van der Waals surface area contributed by atoms with Crippen molar-refractivity contribution in [3.63, 3.8) is 0 Å². The van der Waals surface area contributed by atoms with Gasteiger partial charge >= 0.3 is 0 Å². The molecule has 1 aliphatic rings. The van der Waals surface area contributed by atoms with Crippen LogP contribution in [0.3, 0.4) is 0 Å². The van der Waals surface area contributed by atoms with Crippen LogP contribution in [0, 0.1) is 6.92 Å². The molecular formula is C12H20N2OS. The molecule has 0 spiro atoms. The second-order valence-corrected chi connectivity index (χ2v) is 5.37. The Morgan fingerprint density at radius 1 is 1.50 bits per heavy atom. The number of aromatic nitrogens is 1. The van der Waals surface area contributed by atoms with Crippen molar-refractivity contribution in [2.24, 2.45) is 0 Å². The summed E-state index contributed by atoms with van der Waals surface area (Å²) in [5.41, 5.74) is 1.14. The standard InChI is InChI=1S/C12H20N2OS/c1-10-14-11(9-16-10)8-13-6-7-15-12-4-2-3-5-12/h9,12-13H,2-8H2,1H3. The summed E-state index contributed by atoms with van der Waals surface area (Å²) in [5.74, 6) is 0. The van der Waals surface area contributed by atoms with Crippen LogP contribution in [0.1, 0.15) is 36.4 Å². The molecule has 90 valence electrons. The van der Waals surface area contributed by atoms with Crippen molar-refractivity contribution in [3.05, 3.63) is 16.1 Å². The summed E-state index contributed by atoms with van der Waals surface area (Å²) in [4.78, 5) is 4.40. The predicted molar refractivity (Wildman–Crippen MR) is 66.8 cm³/mol. The summed E-state index contributed by atoms with van der Waals surface area (Å²) in [6.45, 7) is 4.65. The first-order valence-corrected chi connectivity index (χ1v) is 6.96. The third kappa shape index (κ3) is 3.85. The van der Waals surface area contributed by atoms with Crippen LogP contribution < -0.4 is 5.32 Å². The minimum Gasteiger partial charge on any atom is -0.377 e. The first-order valence-electron chi connectivity index (χ1n) is 6.08. The van der Waals surface area contributed by atoms with Crippen molar-refractivity contribution < 1.29 is 4.74 Å². The lowest BCUT2D eigenvalue weighted by molar-refractivity contribution is 0.0602. The van der Waals surface area contributed by atoms with Crippen molar-refractivity contribution in [2.75, 3.05) is 13.2 Å². The van der Waals surface area contributed by atoms with Gasteiger partial charge in [-0.25, -0.2) is 4.98 Å². The van der Waals surface area contributed by atoms with Crippen molar-refractivity contribution in [2.45, 2.75) is 45.3 Å². The van der Waals surface area contributed by atoms with Crippen molar-refractivity contribution in [1.82, 2.24) is 10.3 Å². The van der Waals surface area contributed by atoms with E-state index in [4.69, 9.17) is 4.74 Å². The molecule has 1 heterocycles. The zero-order valence-electron chi connectivity index (χ0n) is 9.87. The van der Waals surface area contributed by atoms with Crippen LogP contribution >= 0.6 is 11.3 Å². The molecule has 4 heteroatoms. The second-order valence-electron chi connectivity index (χ2n) is 4.31. The Balaban J connectivity index is 1.51. The summed E-state index contributed by atoms with van der Waals surface area (Å²) in [7, 11) is 0. The lowest BCUT2D eigenvalue weighted by Gasteiger charge is -2.10. The highest BCUT2D eigenvalue weighted by Gasteiger charge is 2.14. The quantitative estimate of drug-likeness (QED) is 0.776. The molecule has 0 radical (unpaired) electrons. The van der Waals surface area contributed by atoms with Crippen LogP contribution in [-0.2, 0) is 11.3 Å². The van der Waals surface area contributed by atoms with Crippen molar-refractivity contribution >= 4 is 11.3 Å². The number of nitrogens with one attached hydrogen (secondary N) is 1. The maximum Gasteiger partial charge on any atom is 0.0897 e. The molecule has 2 rings (SSSR count). The van der Waals surface area contributed by atoms with Gasteiger partial charge in [0.25, 0.3) is 0 Å². The Labute approximate surface area is 101 Å². The smallest absolute Gasteiger partial charge is 0.0897 e. The van der Waals surface area contributed by atoms with E-state index in [1.165, 1.54) is 25.7 Å². The molecule has 3 nitrogen and oxygen atoms in total. The van der Waals surface area contributed by atoms with Crippen molar-refractivity contribution in [1.29, 1.82) is 0 Å². The topological polar surface area (TPSA) is 34.2 Å². The highest BCUT2D eigenvalue weighted by Crippen LogP contribution is 2.20. The van der Waals surface area contributed by atoms with Gasteiger partial charge in [-0.3, -0.25) is 0 Å². The number of nitrogens with zero attached hydrogens (tertiary/aromatic N) is 1. The van der Waals surface area contributed by atoms with E-state index in [0.717, 1.165) is 30.4 Å². The Bertz CT molecular complexity index is 308. The van der Waals surface area contributed by atoms with Gasteiger partial charge in [0.15, 0.2) is 0 Å². The number of thiazole rings is 1. The molecule has 0 aromatic carbocycles. The molecule has 1 N–H and O–H groups in total. The molecule has 1 saturated carbocycles. The van der Waals surface area contributed by atoms with Gasteiger partial charge in [-0.15, -0.1) is 11.3 Å². The van der Waals surface area contributed by atoms with Gasteiger partial charge in [0, 0.05) is 18.5 Å². The Hall–Kier alpha value is -0.450. The maximum atomic E-state index is 5.77. The van der Waals surface area contributed by atoms with Crippen molar-refractivity contribution in [3.8, 4) is 0 Å². The third-order valence-electron chi connectivity index (χ3n) is 2.91. The van der Waals surface area contributed by atoms with E-state index in [2.05, 4.69) is 15.7 Å². The summed E-state index contributed by atoms with van der Waals surface area (Å²) in [6, 6.07) is 0. The van der Waals surface area contributed by atoms with Gasteiger partial charge in [0.05, 0.1) is 23.4 Å². The number of hydrogen-bond acceptors (Lipinski definition) is 4. The normalized spacial score (nSPS) is 17.1. The van der Waals surface area contributed by atoms with E-state index in [9.17, 15) is 0 Å². The average Bonchev–Trinajstić information content (AvgIpc) is 2.89. The fourth-order valence-electron chi connectivity index (χ4n) is 2.06. The zero-order chi connectivity index (χ0) is 11.2. The predicted octanol–water partition coefficient (Wildman–Crippen LogP) is 2.50. The number of ether oxygens (including phenoxy) is 1. The highest BCUT2D eigenvalue weighted by atomic mass is 32.1. The van der Waals surface area contributed by atoms with E-state index in [0.29, 0.717) is 6.10 Å². The van der Waals surface area contributed by atoms with E-state index < -0.39 is 0 Å². The van der Waals surface area contributed by atoms with Gasteiger partial charge in [0.2, 0.25) is 0 Å². The monoisotopic (exact) mass is 240 g/mol. The van der Waals surface area contributed by atoms with Crippen LogP contribution in [0.25, 0.3) is 0 Å². The third-order valence-corrected chi connectivity index (χ3v) is 3.73. The molecule has 16 heavy (non-hydrogen) atoms. The minimum absolute atomic E-state index is 0.531. The van der Waals surface area contributed by atoms with Gasteiger partial charge < -0.3 is 10.1 Å². The molecule has 1 aromatic rings. The largest absolute Gasteiger partial charge is 0.377 e. The molecular weight excluding hydrogens is 220 g/mol. The van der Waals surface area contributed by atoms with E-state index in [1.54, 1.807) is 11.3 Å². The lowest BCUT2D eigenvalue weighted by atomic mass is 10.3. The van der Waals surface area contributed by atoms with Gasteiger partial charge in [-0.05, 0) is 19.8 Å². The Morgan fingerprint density at radius 3 is 3.00 bits per heavy atom. The Morgan fingerprint density at radius 2 is 2.31 bits per heavy atom. The number of hydrogen-bond donors (Lipinski definition) is 1. The molecule has 0 saturated heterocycles. The zero-order valence-corrected chi connectivity index (χ0v) is 10.7. The molecule has 0 atom stereocenters. The summed E-state index contributed by atoms with van der Waals surface area (Å²) < 4.78 is 5.77.